The summed E-state index contributed by atoms with van der Waals surface area (Å²) < 4.78 is 5.29. The first-order chi connectivity index (χ1) is 17.3. The van der Waals surface area contributed by atoms with Gasteiger partial charge in [0.2, 0.25) is 0 Å². The zero-order chi connectivity index (χ0) is 25.7. The molecule has 9 heteroatoms. The van der Waals surface area contributed by atoms with E-state index in [4.69, 9.17) is 9.63 Å². The van der Waals surface area contributed by atoms with Gasteiger partial charge in [-0.05, 0) is 49.2 Å². The second-order valence-corrected chi connectivity index (χ2v) is 9.08. The van der Waals surface area contributed by atoms with Crippen LogP contribution in [-0.4, -0.2) is 34.6 Å². The van der Waals surface area contributed by atoms with E-state index in [1.165, 1.54) is 0 Å². The fraction of sp³-hybridized carbons (Fsp3) is 0.333. The number of hydrogen-bond donors (Lipinski definition) is 4. The fourth-order valence-electron chi connectivity index (χ4n) is 4.48. The number of para-hydroxylation sites is 1. The van der Waals surface area contributed by atoms with Crippen LogP contribution in [0, 0.1) is 12.8 Å². The Hall–Kier alpha value is -3.98. The highest BCUT2D eigenvalue weighted by Gasteiger charge is 2.37. The number of rotatable bonds is 9. The van der Waals surface area contributed by atoms with Crippen molar-refractivity contribution in [1.29, 1.82) is 0 Å². The highest BCUT2D eigenvalue weighted by molar-refractivity contribution is 6.00. The third kappa shape index (κ3) is 5.98. The van der Waals surface area contributed by atoms with Gasteiger partial charge in [-0.1, -0.05) is 42.4 Å². The first-order valence-electron chi connectivity index (χ1n) is 12.0. The number of ketones is 1. The number of urea groups is 1. The Bertz CT molecular complexity index is 1240. The second kappa shape index (κ2) is 11.2. The maximum Gasteiger partial charge on any atom is 0.323 e. The molecule has 1 aliphatic heterocycles. The third-order valence-electron chi connectivity index (χ3n) is 6.56. The van der Waals surface area contributed by atoms with Crippen LogP contribution < -0.4 is 16.0 Å². The van der Waals surface area contributed by atoms with Crippen LogP contribution in [0.2, 0.25) is 0 Å². The molecule has 188 valence electrons. The number of aromatic nitrogens is 1. The van der Waals surface area contributed by atoms with Crippen LogP contribution in [-0.2, 0) is 16.0 Å². The summed E-state index contributed by atoms with van der Waals surface area (Å²) in [5.74, 6) is -0.921. The molecule has 9 nitrogen and oxygen atoms in total. The number of aryl methyl sites for hydroxylation is 2. The van der Waals surface area contributed by atoms with Crippen LogP contribution >= 0.6 is 0 Å². The van der Waals surface area contributed by atoms with Crippen molar-refractivity contribution in [3.05, 3.63) is 77.2 Å². The summed E-state index contributed by atoms with van der Waals surface area (Å²) in [6.07, 6.45) is 0.905. The number of carbonyl (C=O) groups excluding carboxylic acids is 2. The zero-order valence-corrected chi connectivity index (χ0v) is 20.3. The Morgan fingerprint density at radius 1 is 1.14 bits per heavy atom. The van der Waals surface area contributed by atoms with Crippen molar-refractivity contribution in [2.24, 2.45) is 5.92 Å². The normalized spacial score (nSPS) is 17.9. The molecule has 0 spiro atoms. The molecule has 1 fully saturated rings. The van der Waals surface area contributed by atoms with Crippen molar-refractivity contribution < 1.29 is 24.0 Å². The topological polar surface area (TPSA) is 134 Å². The smallest absolute Gasteiger partial charge is 0.323 e. The number of anilines is 2. The summed E-state index contributed by atoms with van der Waals surface area (Å²) in [6.45, 7) is 4.49. The molecule has 0 saturated carbocycles. The number of carbonyl (C=O) groups is 3. The summed E-state index contributed by atoms with van der Waals surface area (Å²) in [7, 11) is 0. The first kappa shape index (κ1) is 25.1. The van der Waals surface area contributed by atoms with Crippen molar-refractivity contribution in [1.82, 2.24) is 10.5 Å². The van der Waals surface area contributed by atoms with Crippen molar-refractivity contribution >= 4 is 29.2 Å². The lowest BCUT2D eigenvalue weighted by Crippen LogP contribution is -2.27. The molecule has 2 aromatic carbocycles. The van der Waals surface area contributed by atoms with Crippen LogP contribution in [0.4, 0.5) is 16.2 Å². The first-order valence-corrected chi connectivity index (χ1v) is 12.0. The van der Waals surface area contributed by atoms with Gasteiger partial charge in [0.1, 0.15) is 17.2 Å². The average molecular weight is 491 g/mol. The van der Waals surface area contributed by atoms with E-state index in [0.717, 1.165) is 16.8 Å². The SMILES string of the molecule is Cc1ccccc1NC(=O)Nc1ccc(C(C)C(=O)C2CCNC2c2cc(CCC(=O)O)on2)cc1. The van der Waals surface area contributed by atoms with Crippen LogP contribution in [0.1, 0.15) is 54.3 Å². The van der Waals surface area contributed by atoms with Gasteiger partial charge in [-0.15, -0.1) is 0 Å². The number of benzene rings is 2. The number of carboxylic acids is 1. The van der Waals surface area contributed by atoms with Gasteiger partial charge in [0.05, 0.1) is 12.5 Å². The average Bonchev–Trinajstić information content (AvgIpc) is 3.53. The second-order valence-electron chi connectivity index (χ2n) is 9.08. The molecule has 0 aliphatic carbocycles. The predicted molar refractivity (Wildman–Crippen MR) is 135 cm³/mol. The van der Waals surface area contributed by atoms with E-state index in [1.807, 2.05) is 50.2 Å². The summed E-state index contributed by atoms with van der Waals surface area (Å²) in [4.78, 5) is 36.6. The van der Waals surface area contributed by atoms with Crippen LogP contribution in [0.25, 0.3) is 0 Å². The molecular formula is C27H30N4O5. The van der Waals surface area contributed by atoms with Gasteiger partial charge in [0.15, 0.2) is 0 Å². The number of hydrogen-bond acceptors (Lipinski definition) is 6. The Morgan fingerprint density at radius 2 is 1.89 bits per heavy atom. The van der Waals surface area contributed by atoms with Crippen molar-refractivity contribution in [2.75, 3.05) is 17.2 Å². The number of Topliss-reactive ketones (excluding diaryl/α,β-unsaturated/α-hetero) is 1. The summed E-state index contributed by atoms with van der Waals surface area (Å²) in [5.41, 5.74) is 3.82. The molecule has 0 radical (unpaired) electrons. The number of carboxylic acid groups (broad SMARTS) is 1. The lowest BCUT2D eigenvalue weighted by atomic mass is 9.84. The van der Waals surface area contributed by atoms with Crippen LogP contribution in [0.3, 0.4) is 0 Å². The molecule has 4 N–H and O–H groups in total. The van der Waals surface area contributed by atoms with E-state index >= 15 is 0 Å². The highest BCUT2D eigenvalue weighted by Crippen LogP contribution is 2.34. The summed E-state index contributed by atoms with van der Waals surface area (Å²) in [6, 6.07) is 15.9. The van der Waals surface area contributed by atoms with E-state index in [1.54, 1.807) is 18.2 Å². The lowest BCUT2D eigenvalue weighted by Gasteiger charge is -2.20. The predicted octanol–water partition coefficient (Wildman–Crippen LogP) is 4.67. The highest BCUT2D eigenvalue weighted by atomic mass is 16.5. The Balaban J connectivity index is 1.37. The maximum absolute atomic E-state index is 13.4. The minimum Gasteiger partial charge on any atom is -0.481 e. The molecule has 1 aromatic heterocycles. The van der Waals surface area contributed by atoms with E-state index in [-0.39, 0.29) is 42.5 Å². The van der Waals surface area contributed by atoms with E-state index in [9.17, 15) is 14.4 Å². The van der Waals surface area contributed by atoms with Crippen LogP contribution in [0.5, 0.6) is 0 Å². The number of amides is 2. The minimum atomic E-state index is -0.901. The number of aliphatic carboxylic acids is 1. The monoisotopic (exact) mass is 490 g/mol. The molecular weight excluding hydrogens is 460 g/mol. The zero-order valence-electron chi connectivity index (χ0n) is 20.3. The van der Waals surface area contributed by atoms with Gasteiger partial charge < -0.3 is 25.6 Å². The molecule has 4 rings (SSSR count). The fourth-order valence-corrected chi connectivity index (χ4v) is 4.48. The Morgan fingerprint density at radius 3 is 2.61 bits per heavy atom. The third-order valence-corrected chi connectivity index (χ3v) is 6.56. The number of nitrogens with zero attached hydrogens (tertiary/aromatic N) is 1. The molecule has 2 amide bonds. The Labute approximate surface area is 209 Å². The van der Waals surface area contributed by atoms with Gasteiger partial charge in [-0.3, -0.25) is 9.59 Å². The van der Waals surface area contributed by atoms with Crippen molar-refractivity contribution in [3.63, 3.8) is 0 Å². The van der Waals surface area contributed by atoms with Crippen LogP contribution in [0.15, 0.2) is 59.1 Å². The van der Waals surface area contributed by atoms with Crippen molar-refractivity contribution in [2.45, 2.75) is 45.1 Å². The Kier molecular flexibility index (Phi) is 7.80. The summed E-state index contributed by atoms with van der Waals surface area (Å²) in [5, 5.41) is 21.9. The molecule has 3 atom stereocenters. The maximum atomic E-state index is 13.4. The van der Waals surface area contributed by atoms with E-state index in [2.05, 4.69) is 21.1 Å². The minimum absolute atomic E-state index is 0.0372. The van der Waals surface area contributed by atoms with Crippen molar-refractivity contribution in [3.8, 4) is 0 Å². The molecule has 3 aromatic rings. The molecule has 3 unspecified atom stereocenters. The quantitative estimate of drug-likeness (QED) is 0.343. The molecule has 2 heterocycles. The largest absolute Gasteiger partial charge is 0.481 e. The molecule has 0 bridgehead atoms. The van der Waals surface area contributed by atoms with Gasteiger partial charge >= 0.3 is 12.0 Å². The van der Waals surface area contributed by atoms with E-state index < -0.39 is 5.97 Å². The lowest BCUT2D eigenvalue weighted by molar-refractivity contribution is -0.137. The van der Waals surface area contributed by atoms with Gasteiger partial charge in [-0.25, -0.2) is 4.79 Å². The number of nitrogens with one attached hydrogen (secondary N) is 3. The standard InChI is InChI=1S/C27H30N4O5/c1-16-5-3-4-6-22(16)30-27(35)29-19-9-7-18(8-10-19)17(2)26(34)21-13-14-28-25(21)23-15-20(36-31-23)11-12-24(32)33/h3-10,15,17,21,25,28H,11-14H2,1-2H3,(H,32,33)(H2,29,30,35). The van der Waals surface area contributed by atoms with Gasteiger partial charge in [0, 0.05) is 35.7 Å². The van der Waals surface area contributed by atoms with Gasteiger partial charge in [0.25, 0.3) is 0 Å². The molecule has 36 heavy (non-hydrogen) atoms. The molecule has 1 aliphatic rings. The van der Waals surface area contributed by atoms with Gasteiger partial charge in [-0.2, -0.15) is 0 Å². The molecule has 1 saturated heterocycles. The van der Waals surface area contributed by atoms with E-state index in [0.29, 0.717) is 30.1 Å². The summed E-state index contributed by atoms with van der Waals surface area (Å²) >= 11 is 0.